The maximum atomic E-state index is 12.3. The monoisotopic (exact) mass is 341 g/mol. The fourth-order valence-electron chi connectivity index (χ4n) is 2.57. The Morgan fingerprint density at radius 2 is 2.04 bits per heavy atom. The van der Waals surface area contributed by atoms with Crippen molar-refractivity contribution in [3.8, 4) is 0 Å². The van der Waals surface area contributed by atoms with Gasteiger partial charge in [-0.2, -0.15) is 0 Å². The van der Waals surface area contributed by atoms with E-state index in [0.29, 0.717) is 23.7 Å². The highest BCUT2D eigenvalue weighted by molar-refractivity contribution is 6.03. The summed E-state index contributed by atoms with van der Waals surface area (Å²) in [5, 5.41) is 9.55. The number of nitrogens with zero attached hydrogens (tertiary/aromatic N) is 1. The summed E-state index contributed by atoms with van der Waals surface area (Å²) in [6.07, 6.45) is 4.18. The molecule has 2 aromatic rings. The Morgan fingerprint density at radius 3 is 2.72 bits per heavy atom. The molecule has 0 unspecified atom stereocenters. The molecule has 1 aromatic carbocycles. The summed E-state index contributed by atoms with van der Waals surface area (Å²) in [6.45, 7) is 4.61. The predicted octanol–water partition coefficient (Wildman–Crippen LogP) is 3.64. The molecule has 0 aliphatic heterocycles. The van der Waals surface area contributed by atoms with Gasteiger partial charge in [0.2, 0.25) is 0 Å². The first-order valence-corrected chi connectivity index (χ1v) is 8.75. The van der Waals surface area contributed by atoms with Gasteiger partial charge in [-0.1, -0.05) is 18.5 Å². The van der Waals surface area contributed by atoms with E-state index in [-0.39, 0.29) is 17.5 Å². The van der Waals surface area contributed by atoms with Crippen LogP contribution in [0.5, 0.6) is 0 Å². The minimum absolute atomic E-state index is 0.0972. The molecular formula is C19H23N3O3. The van der Waals surface area contributed by atoms with Crippen molar-refractivity contribution >= 4 is 17.5 Å². The molecule has 0 bridgehead atoms. The van der Waals surface area contributed by atoms with Crippen LogP contribution in [0.2, 0.25) is 0 Å². The van der Waals surface area contributed by atoms with Crippen LogP contribution in [-0.4, -0.2) is 23.5 Å². The van der Waals surface area contributed by atoms with Gasteiger partial charge in [-0.25, -0.2) is 0 Å². The normalized spacial score (nSPS) is 13.5. The van der Waals surface area contributed by atoms with Gasteiger partial charge in [-0.3, -0.25) is 9.59 Å². The Kier molecular flexibility index (Phi) is 5.16. The summed E-state index contributed by atoms with van der Waals surface area (Å²) < 4.78 is 5.21. The van der Waals surface area contributed by atoms with Crippen LogP contribution in [0, 0.1) is 6.92 Å². The lowest BCUT2D eigenvalue weighted by atomic mass is 10.1. The van der Waals surface area contributed by atoms with Crippen LogP contribution in [0.15, 0.2) is 28.8 Å². The Morgan fingerprint density at radius 1 is 1.24 bits per heavy atom. The molecule has 1 aromatic heterocycles. The minimum Gasteiger partial charge on any atom is -0.360 e. The molecule has 1 saturated carbocycles. The Balaban J connectivity index is 1.63. The third-order valence-electron chi connectivity index (χ3n) is 4.29. The van der Waals surface area contributed by atoms with Gasteiger partial charge in [-0.15, -0.1) is 0 Å². The zero-order valence-corrected chi connectivity index (χ0v) is 14.6. The first-order chi connectivity index (χ1) is 12.1. The lowest BCUT2D eigenvalue weighted by molar-refractivity contribution is 0.0952. The molecule has 3 rings (SSSR count). The number of nitrogens with one attached hydrogen (secondary N) is 2. The molecule has 25 heavy (non-hydrogen) atoms. The zero-order chi connectivity index (χ0) is 17.8. The molecule has 0 saturated heterocycles. The second kappa shape index (κ2) is 7.51. The van der Waals surface area contributed by atoms with Crippen molar-refractivity contribution in [2.75, 3.05) is 11.9 Å². The molecule has 1 fully saturated rings. The van der Waals surface area contributed by atoms with Gasteiger partial charge in [0, 0.05) is 29.8 Å². The van der Waals surface area contributed by atoms with E-state index in [0.717, 1.165) is 37.0 Å². The molecule has 2 N–H and O–H groups in total. The number of hydrogen-bond donors (Lipinski definition) is 2. The number of amides is 2. The molecule has 6 heteroatoms. The van der Waals surface area contributed by atoms with Gasteiger partial charge >= 0.3 is 0 Å². The summed E-state index contributed by atoms with van der Waals surface area (Å²) in [4.78, 5) is 24.4. The Hall–Kier alpha value is -2.63. The fourth-order valence-corrected chi connectivity index (χ4v) is 2.57. The largest absolute Gasteiger partial charge is 0.360 e. The van der Waals surface area contributed by atoms with Gasteiger partial charge in [0.15, 0.2) is 5.69 Å². The highest BCUT2D eigenvalue weighted by Crippen LogP contribution is 2.40. The van der Waals surface area contributed by atoms with E-state index in [1.54, 1.807) is 24.3 Å². The van der Waals surface area contributed by atoms with Crippen molar-refractivity contribution in [1.82, 2.24) is 10.5 Å². The molecular weight excluding hydrogens is 318 g/mol. The fraction of sp³-hybridized carbons (Fsp3) is 0.421. The third kappa shape index (κ3) is 4.26. The third-order valence-corrected chi connectivity index (χ3v) is 4.29. The number of benzene rings is 1. The van der Waals surface area contributed by atoms with Crippen LogP contribution in [0.3, 0.4) is 0 Å². The number of rotatable bonds is 7. The molecule has 2 amide bonds. The van der Waals surface area contributed by atoms with Crippen LogP contribution >= 0.6 is 0 Å². The van der Waals surface area contributed by atoms with Crippen molar-refractivity contribution in [2.45, 2.75) is 45.4 Å². The highest BCUT2D eigenvalue weighted by atomic mass is 16.5. The lowest BCUT2D eigenvalue weighted by Crippen LogP contribution is -2.24. The summed E-state index contributed by atoms with van der Waals surface area (Å²) >= 11 is 0. The summed E-state index contributed by atoms with van der Waals surface area (Å²) in [5.74, 6) is 0.793. The van der Waals surface area contributed by atoms with Crippen LogP contribution in [-0.2, 0) is 0 Å². The van der Waals surface area contributed by atoms with E-state index in [1.807, 2.05) is 6.92 Å². The highest BCUT2D eigenvalue weighted by Gasteiger charge is 2.29. The summed E-state index contributed by atoms with van der Waals surface area (Å²) in [7, 11) is 0. The average molecular weight is 341 g/mol. The van der Waals surface area contributed by atoms with Crippen LogP contribution in [0.1, 0.15) is 70.7 Å². The zero-order valence-electron chi connectivity index (χ0n) is 14.6. The van der Waals surface area contributed by atoms with E-state index in [4.69, 9.17) is 4.52 Å². The lowest BCUT2D eigenvalue weighted by Gasteiger charge is -2.10. The minimum atomic E-state index is -0.307. The molecule has 1 aliphatic rings. The number of unbranched alkanes of at least 4 members (excludes halogenated alkanes) is 1. The second-order valence-corrected chi connectivity index (χ2v) is 6.48. The molecule has 0 spiro atoms. The standard InChI is InChI=1S/C19H23N3O3/c1-3-4-9-20-18(23)14-7-8-15(12(2)10-14)21-19(24)16-11-17(25-22-16)13-5-6-13/h7-8,10-11,13H,3-6,9H2,1-2H3,(H,20,23)(H,21,24). The molecule has 1 heterocycles. The average Bonchev–Trinajstić information content (AvgIpc) is 3.33. The molecule has 6 nitrogen and oxygen atoms in total. The van der Waals surface area contributed by atoms with Crippen molar-refractivity contribution in [2.24, 2.45) is 0 Å². The quantitative estimate of drug-likeness (QED) is 0.753. The van der Waals surface area contributed by atoms with Crippen LogP contribution in [0.25, 0.3) is 0 Å². The van der Waals surface area contributed by atoms with Crippen LogP contribution < -0.4 is 10.6 Å². The SMILES string of the molecule is CCCCNC(=O)c1ccc(NC(=O)c2cc(C3CC3)on2)c(C)c1. The van der Waals surface area contributed by atoms with Gasteiger partial charge in [0.05, 0.1) is 0 Å². The first kappa shape index (κ1) is 17.2. The smallest absolute Gasteiger partial charge is 0.277 e. The summed E-state index contributed by atoms with van der Waals surface area (Å²) in [6, 6.07) is 6.93. The molecule has 0 radical (unpaired) electrons. The topological polar surface area (TPSA) is 84.2 Å². The number of aryl methyl sites for hydroxylation is 1. The van der Waals surface area contributed by atoms with Crippen molar-refractivity contribution in [3.63, 3.8) is 0 Å². The van der Waals surface area contributed by atoms with Gasteiger partial charge in [0.1, 0.15) is 5.76 Å². The number of aromatic nitrogens is 1. The van der Waals surface area contributed by atoms with Gasteiger partial charge in [-0.05, 0) is 49.9 Å². The molecule has 132 valence electrons. The van der Waals surface area contributed by atoms with Crippen molar-refractivity contribution in [1.29, 1.82) is 0 Å². The number of carbonyl (C=O) groups is 2. The first-order valence-electron chi connectivity index (χ1n) is 8.75. The maximum Gasteiger partial charge on any atom is 0.277 e. The van der Waals surface area contributed by atoms with E-state index >= 15 is 0 Å². The van der Waals surface area contributed by atoms with Crippen molar-refractivity contribution < 1.29 is 14.1 Å². The molecule has 1 aliphatic carbocycles. The van der Waals surface area contributed by atoms with Crippen LogP contribution in [0.4, 0.5) is 5.69 Å². The molecule has 0 atom stereocenters. The van der Waals surface area contributed by atoms with E-state index in [1.165, 1.54) is 0 Å². The van der Waals surface area contributed by atoms with Gasteiger partial charge in [0.25, 0.3) is 11.8 Å². The Bertz CT molecular complexity index is 778. The van der Waals surface area contributed by atoms with E-state index in [2.05, 4.69) is 22.7 Å². The van der Waals surface area contributed by atoms with Crippen molar-refractivity contribution in [3.05, 3.63) is 46.8 Å². The van der Waals surface area contributed by atoms with Gasteiger partial charge < -0.3 is 15.2 Å². The number of anilines is 1. The predicted molar refractivity (Wildman–Crippen MR) is 94.9 cm³/mol. The van der Waals surface area contributed by atoms with E-state index < -0.39 is 0 Å². The van der Waals surface area contributed by atoms with E-state index in [9.17, 15) is 9.59 Å². The second-order valence-electron chi connectivity index (χ2n) is 6.48. The number of hydrogen-bond acceptors (Lipinski definition) is 4. The number of carbonyl (C=O) groups excluding carboxylic acids is 2. The Labute approximate surface area is 147 Å². The maximum absolute atomic E-state index is 12.3. The summed E-state index contributed by atoms with van der Waals surface area (Å²) in [5.41, 5.74) is 2.35.